The van der Waals surface area contributed by atoms with Gasteiger partial charge in [-0.2, -0.15) is 0 Å². The van der Waals surface area contributed by atoms with Gasteiger partial charge in [-0.1, -0.05) is 12.1 Å². The maximum atomic E-state index is 14.1. The number of carbonyl (C=O) groups excluding carboxylic acids is 1. The molecule has 1 aromatic heterocycles. The molecule has 0 spiro atoms. The van der Waals surface area contributed by atoms with Crippen LogP contribution in [-0.2, 0) is 0 Å². The molecule has 1 aliphatic heterocycles. The van der Waals surface area contributed by atoms with Crippen molar-refractivity contribution >= 4 is 17.4 Å². The Kier molecular flexibility index (Phi) is 4.83. The van der Waals surface area contributed by atoms with Crippen LogP contribution in [0.3, 0.4) is 0 Å². The fourth-order valence-electron chi connectivity index (χ4n) is 3.20. The van der Waals surface area contributed by atoms with Crippen molar-refractivity contribution in [1.82, 2.24) is 15.3 Å². The second kappa shape index (κ2) is 7.04. The van der Waals surface area contributed by atoms with Gasteiger partial charge in [-0.05, 0) is 38.3 Å². The lowest BCUT2D eigenvalue weighted by molar-refractivity contribution is 0.0926. The van der Waals surface area contributed by atoms with Crippen LogP contribution in [0.15, 0.2) is 24.4 Å². The van der Waals surface area contributed by atoms with Crippen LogP contribution in [0.4, 0.5) is 15.9 Å². The van der Waals surface area contributed by atoms with E-state index in [2.05, 4.69) is 15.3 Å². The van der Waals surface area contributed by atoms with Gasteiger partial charge in [0.25, 0.3) is 5.91 Å². The maximum Gasteiger partial charge on any atom is 0.273 e. The molecule has 0 radical (unpaired) electrons. The first-order chi connectivity index (χ1) is 12.0. The molecule has 132 valence electrons. The van der Waals surface area contributed by atoms with E-state index in [-0.39, 0.29) is 29.3 Å². The van der Waals surface area contributed by atoms with E-state index in [0.29, 0.717) is 24.5 Å². The molecule has 3 rings (SSSR count). The van der Waals surface area contributed by atoms with Crippen LogP contribution in [-0.4, -0.2) is 35.0 Å². The minimum absolute atomic E-state index is 0.0123. The Morgan fingerprint density at radius 3 is 2.68 bits per heavy atom. The summed E-state index contributed by atoms with van der Waals surface area (Å²) in [5.74, 6) is -0.382. The van der Waals surface area contributed by atoms with Crippen LogP contribution in [0, 0.1) is 19.7 Å². The van der Waals surface area contributed by atoms with E-state index in [1.165, 1.54) is 12.3 Å². The van der Waals surface area contributed by atoms with Gasteiger partial charge in [-0.3, -0.25) is 4.79 Å². The molecule has 1 fully saturated rings. The zero-order valence-electron chi connectivity index (χ0n) is 14.4. The van der Waals surface area contributed by atoms with Crippen LogP contribution in [0.2, 0.25) is 0 Å². The summed E-state index contributed by atoms with van der Waals surface area (Å²) < 4.78 is 14.1. The largest absolute Gasteiger partial charge is 0.382 e. The number of nitrogens with zero attached hydrogens (tertiary/aromatic N) is 3. The van der Waals surface area contributed by atoms with Crippen molar-refractivity contribution in [2.45, 2.75) is 32.7 Å². The highest BCUT2D eigenvalue weighted by Gasteiger charge is 2.24. The van der Waals surface area contributed by atoms with Crippen molar-refractivity contribution in [2.75, 3.05) is 23.7 Å². The molecular weight excluding hydrogens is 321 g/mol. The third-order valence-electron chi connectivity index (χ3n) is 4.47. The van der Waals surface area contributed by atoms with Crippen LogP contribution >= 0.6 is 0 Å². The van der Waals surface area contributed by atoms with E-state index < -0.39 is 0 Å². The normalized spacial score (nSPS) is 15.2. The molecule has 1 saturated heterocycles. The van der Waals surface area contributed by atoms with Crippen molar-refractivity contribution in [1.29, 1.82) is 0 Å². The number of para-hydroxylation sites is 1. The number of aryl methyl sites for hydroxylation is 2. The van der Waals surface area contributed by atoms with Crippen molar-refractivity contribution in [2.24, 2.45) is 0 Å². The first-order valence-electron chi connectivity index (χ1n) is 8.35. The number of nitrogen functional groups attached to an aromatic ring is 1. The smallest absolute Gasteiger partial charge is 0.273 e. The quantitative estimate of drug-likeness (QED) is 0.893. The molecule has 6 nitrogen and oxygen atoms in total. The predicted octanol–water partition coefficient (Wildman–Crippen LogP) is 2.21. The summed E-state index contributed by atoms with van der Waals surface area (Å²) in [5, 5.41) is 2.95. The van der Waals surface area contributed by atoms with Gasteiger partial charge >= 0.3 is 0 Å². The Hall–Kier alpha value is -2.70. The summed E-state index contributed by atoms with van der Waals surface area (Å²) in [6.07, 6.45) is 2.99. The molecule has 0 bridgehead atoms. The third-order valence-corrected chi connectivity index (χ3v) is 4.47. The third kappa shape index (κ3) is 3.70. The standard InChI is InChI=1S/C18H22FN5O/c1-11-4-3-5-14(19)16(11)24-8-6-13(7-9-24)23-18(25)15-17(20)22-12(2)10-21-15/h3-5,10,13H,6-9H2,1-2H3,(H2,20,22)(H,23,25). The molecule has 0 unspecified atom stereocenters. The monoisotopic (exact) mass is 343 g/mol. The number of carbonyl (C=O) groups is 1. The molecule has 1 amide bonds. The van der Waals surface area contributed by atoms with Gasteiger partial charge in [0.05, 0.1) is 11.4 Å². The highest BCUT2D eigenvalue weighted by molar-refractivity contribution is 5.96. The van der Waals surface area contributed by atoms with E-state index in [4.69, 9.17) is 5.73 Å². The van der Waals surface area contributed by atoms with Gasteiger partial charge in [-0.25, -0.2) is 14.4 Å². The second-order valence-electron chi connectivity index (χ2n) is 6.39. The van der Waals surface area contributed by atoms with Crippen molar-refractivity contribution in [3.8, 4) is 0 Å². The summed E-state index contributed by atoms with van der Waals surface area (Å²) >= 11 is 0. The Bertz CT molecular complexity index is 767. The SMILES string of the molecule is Cc1cnc(C(=O)NC2CCN(c3c(C)cccc3F)CC2)c(N)n1. The van der Waals surface area contributed by atoms with E-state index in [0.717, 1.165) is 18.4 Å². The number of hydrogen-bond acceptors (Lipinski definition) is 5. The molecule has 3 N–H and O–H groups in total. The number of piperidine rings is 1. The highest BCUT2D eigenvalue weighted by atomic mass is 19.1. The molecule has 0 aliphatic carbocycles. The minimum Gasteiger partial charge on any atom is -0.382 e. The summed E-state index contributed by atoms with van der Waals surface area (Å²) in [4.78, 5) is 22.5. The Morgan fingerprint density at radius 2 is 2.04 bits per heavy atom. The minimum atomic E-state index is -0.314. The molecular formula is C18H22FN5O. The van der Waals surface area contributed by atoms with E-state index in [9.17, 15) is 9.18 Å². The van der Waals surface area contributed by atoms with Gasteiger partial charge in [0.2, 0.25) is 0 Å². The molecule has 0 saturated carbocycles. The summed E-state index contributed by atoms with van der Waals surface area (Å²) in [6.45, 7) is 5.04. The van der Waals surface area contributed by atoms with Crippen LogP contribution in [0.1, 0.15) is 34.6 Å². The number of aromatic nitrogens is 2. The topological polar surface area (TPSA) is 84.1 Å². The Labute approximate surface area is 146 Å². The number of halogens is 1. The molecule has 7 heteroatoms. The molecule has 2 aromatic rings. The van der Waals surface area contributed by atoms with Crippen LogP contribution < -0.4 is 16.0 Å². The van der Waals surface area contributed by atoms with Crippen molar-refractivity contribution in [3.05, 3.63) is 47.2 Å². The number of amides is 1. The first-order valence-corrected chi connectivity index (χ1v) is 8.35. The van der Waals surface area contributed by atoms with Crippen molar-refractivity contribution in [3.63, 3.8) is 0 Å². The van der Waals surface area contributed by atoms with Gasteiger partial charge in [-0.15, -0.1) is 0 Å². The fraction of sp³-hybridized carbons (Fsp3) is 0.389. The summed E-state index contributed by atoms with van der Waals surface area (Å²) in [6, 6.07) is 5.12. The van der Waals surface area contributed by atoms with Gasteiger partial charge in [0, 0.05) is 25.3 Å². The van der Waals surface area contributed by atoms with Gasteiger partial charge in [0.1, 0.15) is 5.82 Å². The second-order valence-corrected chi connectivity index (χ2v) is 6.39. The average Bonchev–Trinajstić information content (AvgIpc) is 2.56. The molecule has 2 heterocycles. The zero-order chi connectivity index (χ0) is 18.0. The predicted molar refractivity (Wildman–Crippen MR) is 95.0 cm³/mol. The summed E-state index contributed by atoms with van der Waals surface area (Å²) in [5.41, 5.74) is 8.17. The molecule has 0 atom stereocenters. The lowest BCUT2D eigenvalue weighted by Gasteiger charge is -2.34. The number of nitrogens with two attached hydrogens (primary N) is 1. The number of hydrogen-bond donors (Lipinski definition) is 2. The fourth-order valence-corrected chi connectivity index (χ4v) is 3.20. The average molecular weight is 343 g/mol. The van der Waals surface area contributed by atoms with Gasteiger partial charge in [0.15, 0.2) is 11.5 Å². The number of nitrogens with one attached hydrogen (secondary N) is 1. The van der Waals surface area contributed by atoms with Crippen LogP contribution in [0.25, 0.3) is 0 Å². The zero-order valence-corrected chi connectivity index (χ0v) is 14.4. The van der Waals surface area contributed by atoms with E-state index in [1.807, 2.05) is 17.9 Å². The molecule has 25 heavy (non-hydrogen) atoms. The lowest BCUT2D eigenvalue weighted by atomic mass is 10.0. The number of rotatable bonds is 3. The lowest BCUT2D eigenvalue weighted by Crippen LogP contribution is -2.45. The van der Waals surface area contributed by atoms with E-state index in [1.54, 1.807) is 13.0 Å². The van der Waals surface area contributed by atoms with E-state index >= 15 is 0 Å². The van der Waals surface area contributed by atoms with Crippen LogP contribution in [0.5, 0.6) is 0 Å². The number of benzene rings is 1. The van der Waals surface area contributed by atoms with Crippen molar-refractivity contribution < 1.29 is 9.18 Å². The Morgan fingerprint density at radius 1 is 1.32 bits per heavy atom. The number of anilines is 2. The summed E-state index contributed by atoms with van der Waals surface area (Å²) in [7, 11) is 0. The van der Waals surface area contributed by atoms with Gasteiger partial charge < -0.3 is 16.0 Å². The Balaban J connectivity index is 1.62. The maximum absolute atomic E-state index is 14.1. The molecule has 1 aromatic carbocycles. The first kappa shape index (κ1) is 17.1. The molecule has 1 aliphatic rings. The highest BCUT2D eigenvalue weighted by Crippen LogP contribution is 2.27.